The van der Waals surface area contributed by atoms with E-state index < -0.39 is 9.84 Å². The Morgan fingerprint density at radius 2 is 1.59 bits per heavy atom. The molecule has 0 aromatic heterocycles. The maximum atomic E-state index is 12.2. The van der Waals surface area contributed by atoms with Gasteiger partial charge in [0.05, 0.1) is 11.3 Å². The van der Waals surface area contributed by atoms with Crippen molar-refractivity contribution in [2.75, 3.05) is 6.26 Å². The summed E-state index contributed by atoms with van der Waals surface area (Å²) in [4.78, 5) is 12.2. The molecule has 1 fully saturated rings. The summed E-state index contributed by atoms with van der Waals surface area (Å²) in [5, 5.41) is 0. The number of carbonyl (C=O) groups excluding carboxylic acids is 1. The summed E-state index contributed by atoms with van der Waals surface area (Å²) in [5.41, 5.74) is 1.17. The highest BCUT2D eigenvalue weighted by Crippen LogP contribution is 2.20. The van der Waals surface area contributed by atoms with Crippen LogP contribution in [0.5, 0.6) is 0 Å². The van der Waals surface area contributed by atoms with Crippen LogP contribution in [0.3, 0.4) is 0 Å². The molecule has 0 bridgehead atoms. The average Bonchev–Trinajstić information content (AvgIpc) is 2.40. The van der Waals surface area contributed by atoms with E-state index in [2.05, 4.69) is 0 Å². The molecule has 4 nitrogen and oxygen atoms in total. The first-order chi connectivity index (χ1) is 10.4. The minimum atomic E-state index is -3.06. The van der Waals surface area contributed by atoms with Crippen LogP contribution in [0.2, 0.25) is 0 Å². The number of rotatable bonds is 4. The second-order valence-electron chi connectivity index (χ2n) is 6.14. The number of hydrogen-bond donors (Lipinski definition) is 0. The van der Waals surface area contributed by atoms with Crippen molar-refractivity contribution in [3.8, 4) is 0 Å². The summed E-state index contributed by atoms with van der Waals surface area (Å²) in [5.74, 6) is -0.318. The molecule has 1 saturated carbocycles. The third kappa shape index (κ3) is 5.79. The lowest BCUT2D eigenvalue weighted by Crippen LogP contribution is -2.19. The second-order valence-corrected chi connectivity index (χ2v) is 8.28. The normalized spacial score (nSPS) is 17.5. The van der Waals surface area contributed by atoms with Crippen LogP contribution >= 0.6 is 0 Å². The van der Waals surface area contributed by atoms with E-state index in [0.717, 1.165) is 25.7 Å². The fourth-order valence-electron chi connectivity index (χ4n) is 2.80. The van der Waals surface area contributed by atoms with Crippen molar-refractivity contribution in [1.82, 2.24) is 0 Å². The molecule has 0 aliphatic heterocycles. The molecule has 0 radical (unpaired) electrons. The van der Waals surface area contributed by atoms with Gasteiger partial charge in [0.25, 0.3) is 0 Å². The third-order valence-electron chi connectivity index (χ3n) is 3.94. The minimum absolute atomic E-state index is 0.00898. The van der Waals surface area contributed by atoms with Crippen molar-refractivity contribution in [1.29, 1.82) is 0 Å². The molecule has 22 heavy (non-hydrogen) atoms. The van der Waals surface area contributed by atoms with E-state index in [1.165, 1.54) is 25.5 Å². The summed E-state index contributed by atoms with van der Waals surface area (Å²) in [6.07, 6.45) is 9.05. The van der Waals surface area contributed by atoms with E-state index >= 15 is 0 Å². The fraction of sp³-hybridized carbons (Fsp3) is 0.588. The highest BCUT2D eigenvalue weighted by molar-refractivity contribution is 7.89. The highest BCUT2D eigenvalue weighted by Gasteiger charge is 2.17. The van der Waals surface area contributed by atoms with Gasteiger partial charge in [-0.3, -0.25) is 0 Å². The largest absolute Gasteiger partial charge is 0.459 e. The van der Waals surface area contributed by atoms with E-state index in [9.17, 15) is 13.2 Å². The molecule has 0 N–H and O–H groups in total. The summed E-state index contributed by atoms with van der Waals surface area (Å²) in [6, 6.07) is 6.64. The highest BCUT2D eigenvalue weighted by atomic mass is 32.2. The topological polar surface area (TPSA) is 60.4 Å². The molecule has 1 aromatic rings. The van der Waals surface area contributed by atoms with Gasteiger partial charge in [-0.25, -0.2) is 13.2 Å². The van der Waals surface area contributed by atoms with Crippen LogP contribution in [0.4, 0.5) is 0 Å². The third-order valence-corrected chi connectivity index (χ3v) is 4.80. The van der Waals surface area contributed by atoms with Crippen LogP contribution in [0.15, 0.2) is 24.3 Å². The molecule has 0 amide bonds. The molecule has 122 valence electrons. The van der Waals surface area contributed by atoms with E-state index in [4.69, 9.17) is 4.74 Å². The van der Waals surface area contributed by atoms with Crippen molar-refractivity contribution in [2.45, 2.75) is 56.8 Å². The van der Waals surface area contributed by atoms with Gasteiger partial charge in [-0.1, -0.05) is 31.4 Å². The first-order valence-electron chi connectivity index (χ1n) is 7.92. The Labute approximate surface area is 132 Å². The monoisotopic (exact) mass is 324 g/mol. The molecule has 1 aliphatic rings. The van der Waals surface area contributed by atoms with Crippen molar-refractivity contribution < 1.29 is 17.9 Å². The van der Waals surface area contributed by atoms with Gasteiger partial charge in [-0.15, -0.1) is 0 Å². The fourth-order valence-corrected chi connectivity index (χ4v) is 3.59. The van der Waals surface area contributed by atoms with E-state index in [1.807, 2.05) is 0 Å². The molecule has 2 rings (SSSR count). The molecular weight excluding hydrogens is 300 g/mol. The van der Waals surface area contributed by atoms with Crippen LogP contribution in [-0.4, -0.2) is 26.7 Å². The average molecular weight is 324 g/mol. The van der Waals surface area contributed by atoms with Crippen molar-refractivity contribution in [3.63, 3.8) is 0 Å². The molecule has 0 unspecified atom stereocenters. The number of sulfone groups is 1. The van der Waals surface area contributed by atoms with E-state index in [0.29, 0.717) is 11.1 Å². The van der Waals surface area contributed by atoms with Gasteiger partial charge in [0.2, 0.25) is 0 Å². The first-order valence-corrected chi connectivity index (χ1v) is 9.98. The molecule has 0 atom stereocenters. The molecule has 1 aliphatic carbocycles. The Morgan fingerprint density at radius 3 is 2.14 bits per heavy atom. The zero-order valence-electron chi connectivity index (χ0n) is 13.1. The lowest BCUT2D eigenvalue weighted by atomic mass is 9.98. The Bertz CT molecular complexity index is 582. The summed E-state index contributed by atoms with van der Waals surface area (Å²) >= 11 is 0. The maximum Gasteiger partial charge on any atom is 0.338 e. The molecule has 1 aromatic carbocycles. The van der Waals surface area contributed by atoms with E-state index in [-0.39, 0.29) is 17.8 Å². The van der Waals surface area contributed by atoms with Gasteiger partial charge in [0.1, 0.15) is 6.10 Å². The Kier molecular flexibility index (Phi) is 6.00. The number of carbonyl (C=O) groups is 1. The zero-order valence-corrected chi connectivity index (χ0v) is 13.9. The Morgan fingerprint density at radius 1 is 1.05 bits per heavy atom. The van der Waals surface area contributed by atoms with Crippen LogP contribution in [0.1, 0.15) is 60.9 Å². The van der Waals surface area contributed by atoms with Gasteiger partial charge < -0.3 is 4.74 Å². The number of ether oxygens (including phenoxy) is 1. The maximum absolute atomic E-state index is 12.2. The molecule has 5 heteroatoms. The summed E-state index contributed by atoms with van der Waals surface area (Å²) in [6.45, 7) is 0. The van der Waals surface area contributed by atoms with E-state index in [1.54, 1.807) is 24.3 Å². The van der Waals surface area contributed by atoms with Gasteiger partial charge in [-0.05, 0) is 43.4 Å². The number of benzene rings is 1. The predicted octanol–water partition coefficient (Wildman–Crippen LogP) is 3.50. The standard InChI is InChI=1S/C17H24O4S/c1-22(19,20)13-14-9-11-15(12-10-14)17(18)21-16-7-5-3-2-4-6-8-16/h9-12,16H,2-8,13H2,1H3. The first kappa shape index (κ1) is 17.0. The Balaban J connectivity index is 1.94. The lowest BCUT2D eigenvalue weighted by molar-refractivity contribution is 0.0239. The van der Waals surface area contributed by atoms with Crippen LogP contribution in [0.25, 0.3) is 0 Å². The molecule has 0 spiro atoms. The van der Waals surface area contributed by atoms with Crippen molar-refractivity contribution >= 4 is 15.8 Å². The predicted molar refractivity (Wildman–Crippen MR) is 86.5 cm³/mol. The second kappa shape index (κ2) is 7.77. The summed E-state index contributed by atoms with van der Waals surface area (Å²) < 4.78 is 28.1. The number of esters is 1. The van der Waals surface area contributed by atoms with Gasteiger partial charge >= 0.3 is 5.97 Å². The summed E-state index contributed by atoms with van der Waals surface area (Å²) in [7, 11) is -3.06. The minimum Gasteiger partial charge on any atom is -0.459 e. The van der Waals surface area contributed by atoms with Crippen molar-refractivity contribution in [3.05, 3.63) is 35.4 Å². The molecule has 0 heterocycles. The smallest absolute Gasteiger partial charge is 0.338 e. The van der Waals surface area contributed by atoms with Gasteiger partial charge in [0, 0.05) is 6.26 Å². The van der Waals surface area contributed by atoms with Crippen molar-refractivity contribution in [2.24, 2.45) is 0 Å². The van der Waals surface area contributed by atoms with Crippen LogP contribution in [-0.2, 0) is 20.3 Å². The van der Waals surface area contributed by atoms with Crippen LogP contribution in [0, 0.1) is 0 Å². The Hall–Kier alpha value is -1.36. The lowest BCUT2D eigenvalue weighted by Gasteiger charge is -2.20. The quantitative estimate of drug-likeness (QED) is 0.795. The molecule has 0 saturated heterocycles. The van der Waals surface area contributed by atoms with Gasteiger partial charge in [0.15, 0.2) is 9.84 Å². The zero-order chi connectivity index (χ0) is 16.0. The number of hydrogen-bond acceptors (Lipinski definition) is 4. The van der Waals surface area contributed by atoms with Crippen LogP contribution < -0.4 is 0 Å². The SMILES string of the molecule is CS(=O)(=O)Cc1ccc(C(=O)OC2CCCCCCC2)cc1. The van der Waals surface area contributed by atoms with Gasteiger partial charge in [-0.2, -0.15) is 0 Å². The molecular formula is C17H24O4S.